The molecule has 0 bridgehead atoms. The second-order valence-corrected chi connectivity index (χ2v) is 5.56. The quantitative estimate of drug-likeness (QED) is 0.539. The number of hydrogen-bond acceptors (Lipinski definition) is 6. The van der Waals surface area contributed by atoms with E-state index in [9.17, 15) is 14.9 Å². The van der Waals surface area contributed by atoms with E-state index in [4.69, 9.17) is 4.42 Å². The summed E-state index contributed by atoms with van der Waals surface area (Å²) in [4.78, 5) is 22.7. The van der Waals surface area contributed by atoms with Gasteiger partial charge in [0, 0.05) is 22.9 Å². The third kappa shape index (κ3) is 3.30. The van der Waals surface area contributed by atoms with Gasteiger partial charge in [-0.15, -0.1) is 10.2 Å². The molecular formula is C15H9BrN4O4. The Balaban J connectivity index is 1.84. The van der Waals surface area contributed by atoms with Gasteiger partial charge in [-0.3, -0.25) is 14.9 Å². The van der Waals surface area contributed by atoms with Crippen molar-refractivity contribution in [2.75, 3.05) is 5.32 Å². The molecule has 0 unspecified atom stereocenters. The number of halogens is 1. The Bertz CT molecular complexity index is 912. The Kier molecular flexibility index (Phi) is 4.34. The number of nitro benzene ring substituents is 1. The molecule has 0 radical (unpaired) electrons. The van der Waals surface area contributed by atoms with Gasteiger partial charge >= 0.3 is 0 Å². The lowest BCUT2D eigenvalue weighted by molar-refractivity contribution is -0.385. The molecule has 8 nitrogen and oxygen atoms in total. The number of amides is 1. The van der Waals surface area contributed by atoms with Gasteiger partial charge < -0.3 is 9.73 Å². The third-order valence-electron chi connectivity index (χ3n) is 3.13. The molecule has 120 valence electrons. The van der Waals surface area contributed by atoms with E-state index in [-0.39, 0.29) is 11.3 Å². The van der Waals surface area contributed by atoms with E-state index in [1.165, 1.54) is 24.6 Å². The minimum absolute atomic E-state index is 0.174. The largest absolute Gasteiger partial charge is 0.423 e. The summed E-state index contributed by atoms with van der Waals surface area (Å²) >= 11 is 3.08. The van der Waals surface area contributed by atoms with Gasteiger partial charge in [0.05, 0.1) is 9.40 Å². The second-order valence-electron chi connectivity index (χ2n) is 4.70. The van der Waals surface area contributed by atoms with E-state index in [0.717, 1.165) is 0 Å². The first-order valence-corrected chi connectivity index (χ1v) is 7.46. The zero-order valence-electron chi connectivity index (χ0n) is 12.0. The number of carbonyl (C=O) groups excluding carboxylic acids is 1. The highest BCUT2D eigenvalue weighted by atomic mass is 79.9. The van der Waals surface area contributed by atoms with Crippen LogP contribution in [-0.2, 0) is 0 Å². The molecule has 3 aromatic rings. The van der Waals surface area contributed by atoms with Crippen LogP contribution in [0.1, 0.15) is 10.4 Å². The lowest BCUT2D eigenvalue weighted by atomic mass is 10.1. The summed E-state index contributed by atoms with van der Waals surface area (Å²) in [6, 6.07) is 11.0. The Hall–Kier alpha value is -3.07. The van der Waals surface area contributed by atoms with Crippen LogP contribution in [0.4, 0.5) is 11.4 Å². The fraction of sp³-hybridized carbons (Fsp3) is 0. The molecule has 0 saturated heterocycles. The average Bonchev–Trinajstić information content (AvgIpc) is 3.09. The molecule has 1 aromatic heterocycles. The Morgan fingerprint density at radius 2 is 2.08 bits per heavy atom. The molecule has 0 aliphatic heterocycles. The number of nitro groups is 1. The molecule has 3 rings (SSSR count). The van der Waals surface area contributed by atoms with Crippen LogP contribution in [0.15, 0.2) is 57.7 Å². The Morgan fingerprint density at radius 1 is 1.25 bits per heavy atom. The summed E-state index contributed by atoms with van der Waals surface area (Å²) in [5, 5.41) is 21.0. The summed E-state index contributed by atoms with van der Waals surface area (Å²) in [6.45, 7) is 0. The number of hydrogen-bond donors (Lipinski definition) is 1. The van der Waals surface area contributed by atoms with Crippen LogP contribution >= 0.6 is 15.9 Å². The van der Waals surface area contributed by atoms with Crippen molar-refractivity contribution in [3.05, 3.63) is 69.0 Å². The normalized spacial score (nSPS) is 10.4. The highest BCUT2D eigenvalue weighted by Crippen LogP contribution is 2.26. The molecule has 1 amide bonds. The SMILES string of the molecule is O=C(Nc1cccc(-c2nnco2)c1)c1ccc(Br)c([N+](=O)[O-])c1. The Labute approximate surface area is 143 Å². The summed E-state index contributed by atoms with van der Waals surface area (Å²) in [5.41, 5.74) is 1.14. The molecule has 0 aliphatic rings. The minimum Gasteiger partial charge on any atom is -0.423 e. The average molecular weight is 389 g/mol. The van der Waals surface area contributed by atoms with Crippen molar-refractivity contribution in [1.82, 2.24) is 10.2 Å². The first kappa shape index (κ1) is 15.8. The Morgan fingerprint density at radius 3 is 2.79 bits per heavy atom. The molecule has 9 heteroatoms. The zero-order valence-corrected chi connectivity index (χ0v) is 13.6. The predicted molar refractivity (Wildman–Crippen MR) is 88.5 cm³/mol. The topological polar surface area (TPSA) is 111 Å². The van der Waals surface area contributed by atoms with Gasteiger partial charge in [-0.05, 0) is 46.3 Å². The fourth-order valence-electron chi connectivity index (χ4n) is 2.03. The standard InChI is InChI=1S/C15H9BrN4O4/c16-12-5-4-9(7-13(12)20(22)23)14(21)18-11-3-1-2-10(6-11)15-19-17-8-24-15/h1-8H,(H,18,21). The van der Waals surface area contributed by atoms with Crippen LogP contribution in [-0.4, -0.2) is 21.0 Å². The van der Waals surface area contributed by atoms with E-state index in [0.29, 0.717) is 21.6 Å². The molecule has 1 heterocycles. The van der Waals surface area contributed by atoms with E-state index in [1.807, 2.05) is 0 Å². The molecular weight excluding hydrogens is 380 g/mol. The molecule has 0 aliphatic carbocycles. The first-order chi connectivity index (χ1) is 11.5. The van der Waals surface area contributed by atoms with Gasteiger partial charge in [0.2, 0.25) is 12.3 Å². The predicted octanol–water partition coefficient (Wildman–Crippen LogP) is 3.66. The maximum atomic E-state index is 12.3. The summed E-state index contributed by atoms with van der Waals surface area (Å²) in [7, 11) is 0. The van der Waals surface area contributed by atoms with Crippen LogP contribution in [0.5, 0.6) is 0 Å². The number of carbonyl (C=O) groups is 1. The van der Waals surface area contributed by atoms with Gasteiger partial charge in [-0.1, -0.05) is 6.07 Å². The molecule has 0 saturated carbocycles. The third-order valence-corrected chi connectivity index (χ3v) is 3.80. The zero-order chi connectivity index (χ0) is 17.1. The molecule has 24 heavy (non-hydrogen) atoms. The highest BCUT2D eigenvalue weighted by molar-refractivity contribution is 9.10. The van der Waals surface area contributed by atoms with E-state index in [1.54, 1.807) is 24.3 Å². The van der Waals surface area contributed by atoms with E-state index >= 15 is 0 Å². The van der Waals surface area contributed by atoms with Gasteiger partial charge in [-0.25, -0.2) is 0 Å². The van der Waals surface area contributed by atoms with Gasteiger partial charge in [-0.2, -0.15) is 0 Å². The smallest absolute Gasteiger partial charge is 0.284 e. The minimum atomic E-state index is -0.558. The number of nitrogens with zero attached hydrogens (tertiary/aromatic N) is 3. The van der Waals surface area contributed by atoms with Gasteiger partial charge in [0.15, 0.2) is 0 Å². The molecule has 1 N–H and O–H groups in total. The van der Waals surface area contributed by atoms with E-state index in [2.05, 4.69) is 31.4 Å². The summed E-state index contributed by atoms with van der Waals surface area (Å²) < 4.78 is 5.41. The lowest BCUT2D eigenvalue weighted by Gasteiger charge is -2.06. The monoisotopic (exact) mass is 388 g/mol. The van der Waals surface area contributed by atoms with Crippen LogP contribution in [0.3, 0.4) is 0 Å². The number of anilines is 1. The number of rotatable bonds is 4. The van der Waals surface area contributed by atoms with E-state index < -0.39 is 10.8 Å². The lowest BCUT2D eigenvalue weighted by Crippen LogP contribution is -2.12. The maximum Gasteiger partial charge on any atom is 0.284 e. The van der Waals surface area contributed by atoms with Crippen molar-refractivity contribution in [2.24, 2.45) is 0 Å². The molecule has 0 atom stereocenters. The summed E-state index contributed by atoms with van der Waals surface area (Å²) in [6.07, 6.45) is 1.21. The number of benzene rings is 2. The number of nitrogens with one attached hydrogen (secondary N) is 1. The van der Waals surface area contributed by atoms with Crippen LogP contribution in [0.2, 0.25) is 0 Å². The van der Waals surface area contributed by atoms with Crippen molar-refractivity contribution < 1.29 is 14.1 Å². The fourth-order valence-corrected chi connectivity index (χ4v) is 2.42. The van der Waals surface area contributed by atoms with Crippen molar-refractivity contribution >= 4 is 33.2 Å². The highest BCUT2D eigenvalue weighted by Gasteiger charge is 2.16. The van der Waals surface area contributed by atoms with Crippen molar-refractivity contribution in [1.29, 1.82) is 0 Å². The van der Waals surface area contributed by atoms with Crippen LogP contribution < -0.4 is 5.32 Å². The molecule has 0 fully saturated rings. The summed E-state index contributed by atoms with van der Waals surface area (Å²) in [5.74, 6) is -0.140. The van der Waals surface area contributed by atoms with Gasteiger partial charge in [0.1, 0.15) is 0 Å². The molecule has 2 aromatic carbocycles. The first-order valence-electron chi connectivity index (χ1n) is 6.66. The second kappa shape index (κ2) is 6.59. The number of aromatic nitrogens is 2. The maximum absolute atomic E-state index is 12.3. The van der Waals surface area contributed by atoms with Crippen molar-refractivity contribution in [3.8, 4) is 11.5 Å². The van der Waals surface area contributed by atoms with Crippen LogP contribution in [0, 0.1) is 10.1 Å². The molecule has 0 spiro atoms. The van der Waals surface area contributed by atoms with Crippen molar-refractivity contribution in [2.45, 2.75) is 0 Å². The van der Waals surface area contributed by atoms with Crippen molar-refractivity contribution in [3.63, 3.8) is 0 Å². The van der Waals surface area contributed by atoms with Gasteiger partial charge in [0.25, 0.3) is 11.6 Å². The van der Waals surface area contributed by atoms with Crippen LogP contribution in [0.25, 0.3) is 11.5 Å².